The third-order valence-corrected chi connectivity index (χ3v) is 3.82. The molecule has 0 radical (unpaired) electrons. The molecule has 0 fully saturated rings. The van der Waals surface area contributed by atoms with Crippen molar-refractivity contribution in [2.45, 2.75) is 4.90 Å². The number of nitrogens with one attached hydrogen (secondary N) is 2. The fraction of sp³-hybridized carbons (Fsp3) is 0.133. The average molecular weight is 317 g/mol. The first-order chi connectivity index (χ1) is 10.5. The van der Waals surface area contributed by atoms with Crippen molar-refractivity contribution in [2.24, 2.45) is 0 Å². The monoisotopic (exact) mass is 317 g/mol. The fourth-order valence-corrected chi connectivity index (χ4v) is 2.32. The van der Waals surface area contributed by atoms with E-state index in [1.165, 1.54) is 12.1 Å². The number of thioether (sulfide) groups is 1. The summed E-state index contributed by atoms with van der Waals surface area (Å²) in [4.78, 5) is 23.8. The Morgan fingerprint density at radius 2 is 1.86 bits per heavy atom. The molecule has 6 nitrogen and oxygen atoms in total. The van der Waals surface area contributed by atoms with E-state index in [0.29, 0.717) is 11.4 Å². The van der Waals surface area contributed by atoms with Crippen molar-refractivity contribution < 1.29 is 9.72 Å². The van der Waals surface area contributed by atoms with Crippen molar-refractivity contribution >= 4 is 34.7 Å². The van der Waals surface area contributed by atoms with E-state index in [1.54, 1.807) is 37.0 Å². The van der Waals surface area contributed by atoms with Gasteiger partial charge in [0.05, 0.1) is 4.92 Å². The van der Waals surface area contributed by atoms with Crippen molar-refractivity contribution in [3.8, 4) is 0 Å². The molecule has 0 spiro atoms. The minimum absolute atomic E-state index is 0.132. The van der Waals surface area contributed by atoms with Crippen molar-refractivity contribution in [1.82, 2.24) is 0 Å². The molecule has 1 amide bonds. The molecule has 0 unspecified atom stereocenters. The molecular formula is C15H15N3O3S. The van der Waals surface area contributed by atoms with Crippen LogP contribution in [-0.4, -0.2) is 24.1 Å². The Morgan fingerprint density at radius 1 is 1.18 bits per heavy atom. The highest BCUT2D eigenvalue weighted by Gasteiger charge is 2.16. The molecule has 114 valence electrons. The van der Waals surface area contributed by atoms with Crippen molar-refractivity contribution in [2.75, 3.05) is 23.9 Å². The Bertz CT molecular complexity index is 702. The number of nitro benzene ring substituents is 1. The molecule has 0 aliphatic carbocycles. The van der Waals surface area contributed by atoms with Gasteiger partial charge < -0.3 is 10.6 Å². The second kappa shape index (κ2) is 6.95. The first-order valence-corrected chi connectivity index (χ1v) is 7.69. The van der Waals surface area contributed by atoms with E-state index in [0.717, 1.165) is 4.90 Å². The third-order valence-electron chi connectivity index (χ3n) is 3.07. The van der Waals surface area contributed by atoms with Crippen LogP contribution in [0.15, 0.2) is 47.4 Å². The molecule has 0 saturated heterocycles. The van der Waals surface area contributed by atoms with Crippen LogP contribution in [0, 0.1) is 10.1 Å². The summed E-state index contributed by atoms with van der Waals surface area (Å²) < 4.78 is 0. The number of rotatable bonds is 5. The number of nitrogens with zero attached hydrogens (tertiary/aromatic N) is 1. The second-order valence-electron chi connectivity index (χ2n) is 4.42. The highest BCUT2D eigenvalue weighted by molar-refractivity contribution is 7.98. The van der Waals surface area contributed by atoms with E-state index in [2.05, 4.69) is 10.6 Å². The predicted molar refractivity (Wildman–Crippen MR) is 88.8 cm³/mol. The summed E-state index contributed by atoms with van der Waals surface area (Å²) in [5, 5.41) is 16.5. The lowest BCUT2D eigenvalue weighted by molar-refractivity contribution is -0.384. The van der Waals surface area contributed by atoms with Gasteiger partial charge in [-0.3, -0.25) is 14.9 Å². The molecule has 22 heavy (non-hydrogen) atoms. The SMILES string of the molecule is CNc1ccc(C(=O)Nc2ccc(SC)cc2)cc1[N+](=O)[O-]. The van der Waals surface area contributed by atoms with Crippen molar-refractivity contribution in [3.63, 3.8) is 0 Å². The van der Waals surface area contributed by atoms with Gasteiger partial charge in [-0.2, -0.15) is 0 Å². The predicted octanol–water partition coefficient (Wildman–Crippen LogP) is 3.61. The first kappa shape index (κ1) is 15.8. The summed E-state index contributed by atoms with van der Waals surface area (Å²) in [6.07, 6.45) is 1.97. The summed E-state index contributed by atoms with van der Waals surface area (Å²) in [5.41, 5.74) is 1.11. The van der Waals surface area contributed by atoms with E-state index in [1.807, 2.05) is 18.4 Å². The fourth-order valence-electron chi connectivity index (χ4n) is 1.91. The van der Waals surface area contributed by atoms with E-state index in [9.17, 15) is 14.9 Å². The smallest absolute Gasteiger partial charge is 0.293 e. The molecule has 0 aromatic heterocycles. The lowest BCUT2D eigenvalue weighted by Crippen LogP contribution is -2.12. The zero-order valence-corrected chi connectivity index (χ0v) is 12.9. The van der Waals surface area contributed by atoms with Crippen LogP contribution in [0.3, 0.4) is 0 Å². The standard InChI is InChI=1S/C15H15N3O3S/c1-16-13-8-3-10(9-14(13)18(20)21)15(19)17-11-4-6-12(22-2)7-5-11/h3-9,16H,1-2H3,(H,17,19). The maximum absolute atomic E-state index is 12.2. The number of carbonyl (C=O) groups excluding carboxylic acids is 1. The molecule has 0 aliphatic rings. The second-order valence-corrected chi connectivity index (χ2v) is 5.30. The molecular weight excluding hydrogens is 302 g/mol. The summed E-state index contributed by atoms with van der Waals surface area (Å²) >= 11 is 1.61. The number of benzene rings is 2. The topological polar surface area (TPSA) is 84.3 Å². The maximum atomic E-state index is 12.2. The van der Waals surface area contributed by atoms with Gasteiger partial charge in [0.25, 0.3) is 11.6 Å². The molecule has 0 bridgehead atoms. The van der Waals surface area contributed by atoms with E-state index >= 15 is 0 Å². The van der Waals surface area contributed by atoms with Crippen LogP contribution in [0.5, 0.6) is 0 Å². The summed E-state index contributed by atoms with van der Waals surface area (Å²) in [5.74, 6) is -0.386. The van der Waals surface area contributed by atoms with Gasteiger partial charge in [-0.1, -0.05) is 0 Å². The average Bonchev–Trinajstić information content (AvgIpc) is 2.54. The van der Waals surface area contributed by atoms with E-state index in [4.69, 9.17) is 0 Å². The minimum Gasteiger partial charge on any atom is -0.383 e. The highest BCUT2D eigenvalue weighted by Crippen LogP contribution is 2.25. The summed E-state index contributed by atoms with van der Waals surface area (Å²) in [6, 6.07) is 11.7. The molecule has 0 heterocycles. The van der Waals surface area contributed by atoms with E-state index < -0.39 is 4.92 Å². The number of nitro groups is 1. The normalized spacial score (nSPS) is 10.1. The van der Waals surface area contributed by atoms with Crippen LogP contribution in [0.2, 0.25) is 0 Å². The zero-order valence-electron chi connectivity index (χ0n) is 12.1. The lowest BCUT2D eigenvalue weighted by atomic mass is 10.1. The minimum atomic E-state index is -0.518. The maximum Gasteiger partial charge on any atom is 0.293 e. The zero-order chi connectivity index (χ0) is 16.1. The Morgan fingerprint density at radius 3 is 2.41 bits per heavy atom. The molecule has 0 atom stereocenters. The Labute approximate surface area is 132 Å². The molecule has 2 rings (SSSR count). The van der Waals surface area contributed by atoms with Crippen molar-refractivity contribution in [3.05, 3.63) is 58.1 Å². The molecule has 2 aromatic rings. The molecule has 0 saturated carbocycles. The van der Waals surface area contributed by atoms with Gasteiger partial charge in [-0.25, -0.2) is 0 Å². The van der Waals surface area contributed by atoms with Crippen LogP contribution in [0.1, 0.15) is 10.4 Å². The number of anilines is 2. The van der Waals surface area contributed by atoms with Gasteiger partial charge in [0.2, 0.25) is 0 Å². The number of hydrogen-bond donors (Lipinski definition) is 2. The molecule has 2 aromatic carbocycles. The highest BCUT2D eigenvalue weighted by atomic mass is 32.2. The van der Waals surface area contributed by atoms with E-state index in [-0.39, 0.29) is 17.2 Å². The van der Waals surface area contributed by atoms with Crippen LogP contribution in [-0.2, 0) is 0 Å². The molecule has 7 heteroatoms. The number of amides is 1. The van der Waals surface area contributed by atoms with Gasteiger partial charge in [-0.05, 0) is 42.7 Å². The quantitative estimate of drug-likeness (QED) is 0.500. The number of hydrogen-bond acceptors (Lipinski definition) is 5. The van der Waals surface area contributed by atoms with Crippen LogP contribution in [0.4, 0.5) is 17.1 Å². The van der Waals surface area contributed by atoms with Crippen LogP contribution in [0.25, 0.3) is 0 Å². The Balaban J connectivity index is 2.21. The van der Waals surface area contributed by atoms with Gasteiger partial charge in [-0.15, -0.1) is 11.8 Å². The van der Waals surface area contributed by atoms with Crippen LogP contribution < -0.4 is 10.6 Å². The lowest BCUT2D eigenvalue weighted by Gasteiger charge is -2.07. The molecule has 2 N–H and O–H groups in total. The largest absolute Gasteiger partial charge is 0.383 e. The summed E-state index contributed by atoms with van der Waals surface area (Å²) in [7, 11) is 1.59. The van der Waals surface area contributed by atoms with Crippen LogP contribution >= 0.6 is 11.8 Å². The first-order valence-electron chi connectivity index (χ1n) is 6.46. The Kier molecular flexibility index (Phi) is 5.00. The van der Waals surface area contributed by atoms with Crippen molar-refractivity contribution in [1.29, 1.82) is 0 Å². The molecule has 0 aliphatic heterocycles. The Hall–Kier alpha value is -2.54. The van der Waals surface area contributed by atoms with Gasteiger partial charge in [0.15, 0.2) is 0 Å². The third kappa shape index (κ3) is 3.56. The van der Waals surface area contributed by atoms with Gasteiger partial charge in [0, 0.05) is 29.3 Å². The number of carbonyl (C=O) groups is 1. The van der Waals surface area contributed by atoms with Gasteiger partial charge >= 0.3 is 0 Å². The summed E-state index contributed by atoms with van der Waals surface area (Å²) in [6.45, 7) is 0. The van der Waals surface area contributed by atoms with Gasteiger partial charge in [0.1, 0.15) is 5.69 Å².